The maximum atomic E-state index is 12.3. The van der Waals surface area contributed by atoms with Crippen molar-refractivity contribution < 1.29 is 26.3 Å². The van der Waals surface area contributed by atoms with E-state index in [0.29, 0.717) is 18.4 Å². The molecule has 1 saturated heterocycles. The lowest BCUT2D eigenvalue weighted by atomic mass is 10.1. The number of para-hydroxylation sites is 1. The van der Waals surface area contributed by atoms with Gasteiger partial charge in [0.2, 0.25) is 0 Å². The van der Waals surface area contributed by atoms with E-state index in [2.05, 4.69) is 10.1 Å². The van der Waals surface area contributed by atoms with Gasteiger partial charge in [0.25, 0.3) is 0 Å². The normalized spacial score (nSPS) is 22.0. The zero-order valence-electron chi connectivity index (χ0n) is 11.2. The van der Waals surface area contributed by atoms with Crippen LogP contribution in [0, 0.1) is 0 Å². The summed E-state index contributed by atoms with van der Waals surface area (Å²) in [5.41, 5.74) is 0.345. The van der Waals surface area contributed by atoms with Gasteiger partial charge in [-0.15, -0.1) is 13.2 Å². The van der Waals surface area contributed by atoms with Crippen LogP contribution >= 0.6 is 0 Å². The Morgan fingerprint density at radius 2 is 2.00 bits per heavy atom. The van der Waals surface area contributed by atoms with Gasteiger partial charge in [0.05, 0.1) is 11.5 Å². The summed E-state index contributed by atoms with van der Waals surface area (Å²) in [5.74, 6) is -0.0648. The summed E-state index contributed by atoms with van der Waals surface area (Å²) in [4.78, 5) is 0. The van der Waals surface area contributed by atoms with Crippen LogP contribution in [0.5, 0.6) is 5.75 Å². The molecule has 0 saturated carbocycles. The fourth-order valence-electron chi connectivity index (χ4n) is 2.31. The molecule has 118 valence electrons. The standard InChI is InChI=1S/C13H16F3NO3S/c14-13(15,16)20-12-6-2-1-4-10(12)8-17-11-5-3-7-21(18,19)9-11/h1-2,4,6,11,17H,3,5,7-9H2. The highest BCUT2D eigenvalue weighted by Crippen LogP contribution is 2.26. The molecule has 8 heteroatoms. The highest BCUT2D eigenvalue weighted by Gasteiger charge is 2.32. The molecule has 1 heterocycles. The van der Waals surface area contributed by atoms with Crippen LogP contribution in [0.2, 0.25) is 0 Å². The van der Waals surface area contributed by atoms with Crippen molar-refractivity contribution in [3.8, 4) is 5.75 Å². The lowest BCUT2D eigenvalue weighted by Gasteiger charge is -2.23. The second kappa shape index (κ2) is 6.23. The van der Waals surface area contributed by atoms with E-state index in [1.807, 2.05) is 0 Å². The Labute approximate surface area is 121 Å². The molecule has 2 rings (SSSR count). The largest absolute Gasteiger partial charge is 0.573 e. The Kier molecular flexibility index (Phi) is 4.77. The van der Waals surface area contributed by atoms with E-state index in [4.69, 9.17) is 0 Å². The van der Waals surface area contributed by atoms with Crippen LogP contribution in [0.1, 0.15) is 18.4 Å². The molecule has 1 unspecified atom stereocenters. The van der Waals surface area contributed by atoms with Gasteiger partial charge in [-0.2, -0.15) is 0 Å². The monoisotopic (exact) mass is 323 g/mol. The van der Waals surface area contributed by atoms with Gasteiger partial charge in [-0.3, -0.25) is 0 Å². The molecular formula is C13H16F3NO3S. The molecule has 1 atom stereocenters. The Bertz CT molecular complexity index is 587. The second-order valence-corrected chi connectivity index (χ2v) is 7.22. The highest BCUT2D eigenvalue weighted by atomic mass is 32.2. The molecule has 1 aliphatic rings. The van der Waals surface area contributed by atoms with Gasteiger partial charge in [-0.25, -0.2) is 8.42 Å². The fraction of sp³-hybridized carbons (Fsp3) is 0.538. The van der Waals surface area contributed by atoms with Gasteiger partial charge in [-0.1, -0.05) is 18.2 Å². The number of ether oxygens (including phenoxy) is 1. The first kappa shape index (κ1) is 16.1. The van der Waals surface area contributed by atoms with Crippen molar-refractivity contribution in [2.75, 3.05) is 11.5 Å². The minimum Gasteiger partial charge on any atom is -0.405 e. The summed E-state index contributed by atoms with van der Waals surface area (Å²) in [5, 5.41) is 2.99. The SMILES string of the molecule is O=S1(=O)CCCC(NCc2ccccc2OC(F)(F)F)C1. The minimum absolute atomic E-state index is 0.0231. The van der Waals surface area contributed by atoms with Crippen molar-refractivity contribution in [2.45, 2.75) is 31.8 Å². The molecule has 4 nitrogen and oxygen atoms in total. The topological polar surface area (TPSA) is 55.4 Å². The van der Waals surface area contributed by atoms with Gasteiger partial charge in [-0.05, 0) is 18.9 Å². The number of alkyl halides is 3. The summed E-state index contributed by atoms with van der Waals surface area (Å²) >= 11 is 0. The maximum Gasteiger partial charge on any atom is 0.573 e. The Morgan fingerprint density at radius 1 is 1.29 bits per heavy atom. The third kappa shape index (κ3) is 5.20. The number of rotatable bonds is 4. The summed E-state index contributed by atoms with van der Waals surface area (Å²) in [6.07, 6.45) is -3.48. The molecule has 0 aliphatic carbocycles. The Hall–Kier alpha value is -1.28. The maximum absolute atomic E-state index is 12.3. The van der Waals surface area contributed by atoms with Gasteiger partial charge in [0, 0.05) is 18.2 Å². The molecule has 0 bridgehead atoms. The molecule has 0 aromatic heterocycles. The van der Waals surface area contributed by atoms with Crippen molar-refractivity contribution in [3.63, 3.8) is 0 Å². The third-order valence-electron chi connectivity index (χ3n) is 3.24. The third-order valence-corrected chi connectivity index (χ3v) is 5.06. The number of benzene rings is 1. The molecular weight excluding hydrogens is 307 g/mol. The van der Waals surface area contributed by atoms with Crippen LogP contribution in [0.4, 0.5) is 13.2 Å². The molecule has 1 aromatic carbocycles. The summed E-state index contributed by atoms with van der Waals surface area (Å²) in [6.45, 7) is 0.131. The second-order valence-electron chi connectivity index (χ2n) is 4.99. The number of hydrogen-bond donors (Lipinski definition) is 1. The van der Waals surface area contributed by atoms with Gasteiger partial charge in [0.1, 0.15) is 5.75 Å². The Morgan fingerprint density at radius 3 is 2.67 bits per heavy atom. The molecule has 0 amide bonds. The Balaban J connectivity index is 2.00. The zero-order chi connectivity index (χ0) is 15.5. The highest BCUT2D eigenvalue weighted by molar-refractivity contribution is 7.91. The smallest absolute Gasteiger partial charge is 0.405 e. The lowest BCUT2D eigenvalue weighted by Crippen LogP contribution is -2.39. The van der Waals surface area contributed by atoms with Crippen LogP contribution in [0.25, 0.3) is 0 Å². The van der Waals surface area contributed by atoms with E-state index < -0.39 is 16.2 Å². The molecule has 1 fully saturated rings. The van der Waals surface area contributed by atoms with E-state index in [1.54, 1.807) is 6.07 Å². The quantitative estimate of drug-likeness (QED) is 0.923. The van der Waals surface area contributed by atoms with Crippen molar-refractivity contribution in [3.05, 3.63) is 29.8 Å². The number of nitrogens with one attached hydrogen (secondary N) is 1. The van der Waals surface area contributed by atoms with Crippen molar-refractivity contribution in [2.24, 2.45) is 0 Å². The predicted molar refractivity (Wildman–Crippen MR) is 71.6 cm³/mol. The van der Waals surface area contributed by atoms with Crippen LogP contribution in [-0.4, -0.2) is 32.3 Å². The summed E-state index contributed by atoms with van der Waals surface area (Å²) in [6, 6.07) is 5.59. The van der Waals surface area contributed by atoms with Crippen LogP contribution in [0.15, 0.2) is 24.3 Å². The molecule has 1 aromatic rings. The number of hydrogen-bond acceptors (Lipinski definition) is 4. The molecule has 0 radical (unpaired) electrons. The average Bonchev–Trinajstić information content (AvgIpc) is 2.35. The van der Waals surface area contributed by atoms with E-state index in [1.165, 1.54) is 18.2 Å². The van der Waals surface area contributed by atoms with E-state index in [9.17, 15) is 21.6 Å². The predicted octanol–water partition coefficient (Wildman–Crippen LogP) is 2.25. The van der Waals surface area contributed by atoms with Gasteiger partial charge < -0.3 is 10.1 Å². The summed E-state index contributed by atoms with van der Waals surface area (Å²) in [7, 11) is -3.05. The van der Waals surface area contributed by atoms with E-state index in [-0.39, 0.29) is 29.8 Å². The molecule has 21 heavy (non-hydrogen) atoms. The lowest BCUT2D eigenvalue weighted by molar-refractivity contribution is -0.274. The van der Waals surface area contributed by atoms with Crippen LogP contribution < -0.4 is 10.1 Å². The van der Waals surface area contributed by atoms with E-state index >= 15 is 0 Å². The van der Waals surface area contributed by atoms with Crippen molar-refractivity contribution in [1.29, 1.82) is 0 Å². The van der Waals surface area contributed by atoms with Crippen LogP contribution in [-0.2, 0) is 16.4 Å². The molecule has 0 spiro atoms. The van der Waals surface area contributed by atoms with Crippen molar-refractivity contribution >= 4 is 9.84 Å². The minimum atomic E-state index is -4.75. The number of sulfone groups is 1. The average molecular weight is 323 g/mol. The zero-order valence-corrected chi connectivity index (χ0v) is 12.0. The fourth-order valence-corrected chi connectivity index (χ4v) is 3.98. The molecule has 1 aliphatic heterocycles. The first-order valence-corrected chi connectivity index (χ1v) is 8.35. The summed E-state index contributed by atoms with van der Waals surface area (Å²) < 4.78 is 63.9. The van der Waals surface area contributed by atoms with Gasteiger partial charge in [0.15, 0.2) is 9.84 Å². The van der Waals surface area contributed by atoms with Crippen molar-refractivity contribution in [1.82, 2.24) is 5.32 Å². The first-order valence-electron chi connectivity index (χ1n) is 6.53. The van der Waals surface area contributed by atoms with Gasteiger partial charge >= 0.3 is 6.36 Å². The van der Waals surface area contributed by atoms with E-state index in [0.717, 1.165) is 0 Å². The van der Waals surface area contributed by atoms with Crippen LogP contribution in [0.3, 0.4) is 0 Å². The number of halogens is 3. The molecule has 1 N–H and O–H groups in total. The first-order chi connectivity index (χ1) is 9.75.